The summed E-state index contributed by atoms with van der Waals surface area (Å²) >= 11 is 0. The van der Waals surface area contributed by atoms with Crippen LogP contribution in [0.5, 0.6) is 0 Å². The SMILES string of the molecule is NC(=O)[C@@H]1CC[C@@H](Nc2ncc3nnn(-c4ccc(-c5cnn(CCO)c5)cn4)c3n2)C1. The molecule has 1 fully saturated rings. The van der Waals surface area contributed by atoms with Crippen LogP contribution in [-0.2, 0) is 11.3 Å². The molecular weight excluding hydrogens is 412 g/mol. The second-order valence-electron chi connectivity index (χ2n) is 7.78. The van der Waals surface area contributed by atoms with Gasteiger partial charge in [0.05, 0.1) is 25.5 Å². The third-order valence-electron chi connectivity index (χ3n) is 5.62. The minimum atomic E-state index is -0.261. The Morgan fingerprint density at radius 2 is 2.09 bits per heavy atom. The molecule has 1 aliphatic rings. The Kier molecular flexibility index (Phi) is 5.19. The maximum absolute atomic E-state index is 11.4. The molecule has 5 rings (SSSR count). The molecule has 0 spiro atoms. The third-order valence-corrected chi connectivity index (χ3v) is 5.62. The summed E-state index contributed by atoms with van der Waals surface area (Å²) in [6, 6.07) is 3.84. The van der Waals surface area contributed by atoms with Crippen molar-refractivity contribution in [1.29, 1.82) is 0 Å². The highest BCUT2D eigenvalue weighted by atomic mass is 16.3. The standard InChI is InChI=1S/C20H22N10O2/c21-18(32)12-1-3-15(7-12)25-20-23-10-16-19(26-20)30(28-27-16)17-4-2-13(8-22-17)14-9-24-29(11-14)5-6-31/h2,4,8-12,15,31H,1,3,5-7H2,(H2,21,32)(H,23,25,26)/t12-,15-/m1/s1. The van der Waals surface area contributed by atoms with Gasteiger partial charge in [0.1, 0.15) is 0 Å². The van der Waals surface area contributed by atoms with E-state index in [1.54, 1.807) is 28.0 Å². The number of pyridine rings is 1. The number of fused-ring (bicyclic) bond motifs is 1. The molecule has 0 saturated heterocycles. The number of nitrogens with two attached hydrogens (primary N) is 1. The molecule has 12 heteroatoms. The Morgan fingerprint density at radius 1 is 1.19 bits per heavy atom. The van der Waals surface area contributed by atoms with E-state index in [-0.39, 0.29) is 24.5 Å². The van der Waals surface area contributed by atoms with Gasteiger partial charge < -0.3 is 16.2 Å². The number of aliphatic hydroxyl groups excluding tert-OH is 1. The molecule has 0 unspecified atom stereocenters. The largest absolute Gasteiger partial charge is 0.394 e. The van der Waals surface area contributed by atoms with Crippen molar-refractivity contribution >= 4 is 23.0 Å². The van der Waals surface area contributed by atoms with Crippen LogP contribution >= 0.6 is 0 Å². The van der Waals surface area contributed by atoms with E-state index in [0.29, 0.717) is 35.9 Å². The number of hydrogen-bond acceptors (Lipinski definition) is 9. The quantitative estimate of drug-likeness (QED) is 0.376. The van der Waals surface area contributed by atoms with Gasteiger partial charge in [-0.3, -0.25) is 9.48 Å². The van der Waals surface area contributed by atoms with Crippen LogP contribution in [-0.4, -0.2) is 63.4 Å². The van der Waals surface area contributed by atoms with Crippen LogP contribution in [0.25, 0.3) is 28.1 Å². The molecule has 1 aliphatic carbocycles. The van der Waals surface area contributed by atoms with Crippen molar-refractivity contribution in [3.05, 3.63) is 36.9 Å². The van der Waals surface area contributed by atoms with Gasteiger partial charge in [-0.1, -0.05) is 5.21 Å². The lowest BCUT2D eigenvalue weighted by Crippen LogP contribution is -2.23. The number of hydrogen-bond donors (Lipinski definition) is 3. The maximum atomic E-state index is 11.4. The van der Waals surface area contributed by atoms with Gasteiger partial charge in [-0.2, -0.15) is 14.8 Å². The van der Waals surface area contributed by atoms with Crippen LogP contribution in [0.15, 0.2) is 36.9 Å². The van der Waals surface area contributed by atoms with E-state index in [2.05, 4.69) is 35.7 Å². The Labute approximate surface area is 182 Å². The molecule has 12 nitrogen and oxygen atoms in total. The van der Waals surface area contributed by atoms with Gasteiger partial charge in [0.25, 0.3) is 0 Å². The number of aromatic nitrogens is 8. The summed E-state index contributed by atoms with van der Waals surface area (Å²) < 4.78 is 3.23. The third kappa shape index (κ3) is 3.87. The van der Waals surface area contributed by atoms with Crippen LogP contribution in [0, 0.1) is 5.92 Å². The van der Waals surface area contributed by atoms with E-state index in [1.165, 1.54) is 0 Å². The summed E-state index contributed by atoms with van der Waals surface area (Å²) in [4.78, 5) is 24.8. The number of rotatable bonds is 7. The highest BCUT2D eigenvalue weighted by molar-refractivity contribution is 5.77. The van der Waals surface area contributed by atoms with E-state index < -0.39 is 0 Å². The fourth-order valence-electron chi connectivity index (χ4n) is 3.93. The zero-order valence-corrected chi connectivity index (χ0v) is 17.2. The normalized spacial score (nSPS) is 18.3. The number of nitrogens with zero attached hydrogens (tertiary/aromatic N) is 8. The van der Waals surface area contributed by atoms with E-state index in [9.17, 15) is 4.79 Å². The van der Waals surface area contributed by atoms with Crippen molar-refractivity contribution in [2.75, 3.05) is 11.9 Å². The first kappa shape index (κ1) is 20.0. The van der Waals surface area contributed by atoms with E-state index >= 15 is 0 Å². The molecule has 4 aromatic heterocycles. The summed E-state index contributed by atoms with van der Waals surface area (Å²) in [7, 11) is 0. The van der Waals surface area contributed by atoms with Gasteiger partial charge in [-0.05, 0) is 31.4 Å². The minimum Gasteiger partial charge on any atom is -0.394 e. The molecule has 0 radical (unpaired) electrons. The molecule has 1 saturated carbocycles. The summed E-state index contributed by atoms with van der Waals surface area (Å²) in [5, 5.41) is 24.8. The second kappa shape index (κ2) is 8.30. The highest BCUT2D eigenvalue weighted by Crippen LogP contribution is 2.27. The second-order valence-corrected chi connectivity index (χ2v) is 7.78. The first-order valence-corrected chi connectivity index (χ1v) is 10.3. The van der Waals surface area contributed by atoms with Crippen molar-refractivity contribution in [2.45, 2.75) is 31.8 Å². The number of carbonyl (C=O) groups is 1. The van der Waals surface area contributed by atoms with Crippen molar-refractivity contribution < 1.29 is 9.90 Å². The Morgan fingerprint density at radius 3 is 2.84 bits per heavy atom. The molecular formula is C20H22N10O2. The molecule has 1 amide bonds. The first-order chi connectivity index (χ1) is 15.6. The summed E-state index contributed by atoms with van der Waals surface area (Å²) in [5.41, 5.74) is 8.30. The van der Waals surface area contributed by atoms with Crippen LogP contribution in [0.4, 0.5) is 5.95 Å². The van der Waals surface area contributed by atoms with Crippen molar-refractivity contribution in [3.63, 3.8) is 0 Å². The number of nitrogens with one attached hydrogen (secondary N) is 1. The summed E-state index contributed by atoms with van der Waals surface area (Å²) in [5.74, 6) is 0.646. The fourth-order valence-corrected chi connectivity index (χ4v) is 3.93. The predicted molar refractivity (Wildman–Crippen MR) is 115 cm³/mol. The Hall–Kier alpha value is -3.93. The molecule has 0 aliphatic heterocycles. The van der Waals surface area contributed by atoms with Gasteiger partial charge in [-0.25, -0.2) is 9.97 Å². The number of aliphatic hydroxyl groups is 1. The molecule has 4 aromatic rings. The van der Waals surface area contributed by atoms with Crippen LogP contribution in [0.3, 0.4) is 0 Å². The first-order valence-electron chi connectivity index (χ1n) is 10.3. The Bertz CT molecular complexity index is 1250. The molecule has 0 bridgehead atoms. The van der Waals surface area contributed by atoms with Crippen molar-refractivity contribution in [1.82, 2.24) is 39.7 Å². The number of anilines is 1. The lowest BCUT2D eigenvalue weighted by molar-refractivity contribution is -0.121. The van der Waals surface area contributed by atoms with Crippen LogP contribution in [0.1, 0.15) is 19.3 Å². The van der Waals surface area contributed by atoms with E-state index in [0.717, 1.165) is 24.0 Å². The monoisotopic (exact) mass is 434 g/mol. The average Bonchev–Trinajstić information content (AvgIpc) is 3.54. The minimum absolute atomic E-state index is 0.0306. The molecule has 164 valence electrons. The molecule has 32 heavy (non-hydrogen) atoms. The maximum Gasteiger partial charge on any atom is 0.225 e. The highest BCUT2D eigenvalue weighted by Gasteiger charge is 2.29. The predicted octanol–water partition coefficient (Wildman–Crippen LogP) is 0.527. The molecule has 4 heterocycles. The van der Waals surface area contributed by atoms with E-state index in [4.69, 9.17) is 10.8 Å². The molecule has 0 aromatic carbocycles. The van der Waals surface area contributed by atoms with E-state index in [1.807, 2.05) is 18.3 Å². The molecule has 4 N–H and O–H groups in total. The number of primary amides is 1. The smallest absolute Gasteiger partial charge is 0.225 e. The Balaban J connectivity index is 1.37. The van der Waals surface area contributed by atoms with Gasteiger partial charge in [-0.15, -0.1) is 5.10 Å². The van der Waals surface area contributed by atoms with Gasteiger partial charge in [0.15, 0.2) is 17.0 Å². The van der Waals surface area contributed by atoms with Gasteiger partial charge in [0.2, 0.25) is 11.9 Å². The van der Waals surface area contributed by atoms with Crippen molar-refractivity contribution in [2.24, 2.45) is 11.7 Å². The van der Waals surface area contributed by atoms with Crippen molar-refractivity contribution in [3.8, 4) is 16.9 Å². The van der Waals surface area contributed by atoms with Crippen LogP contribution in [0.2, 0.25) is 0 Å². The van der Waals surface area contributed by atoms with Gasteiger partial charge >= 0.3 is 0 Å². The summed E-state index contributed by atoms with van der Waals surface area (Å²) in [6.07, 6.45) is 9.20. The number of amides is 1. The lowest BCUT2D eigenvalue weighted by Gasteiger charge is -2.12. The fraction of sp³-hybridized carbons (Fsp3) is 0.350. The average molecular weight is 434 g/mol. The zero-order chi connectivity index (χ0) is 22.1. The van der Waals surface area contributed by atoms with Gasteiger partial charge in [0, 0.05) is 35.5 Å². The number of carbonyl (C=O) groups excluding carboxylic acids is 1. The van der Waals surface area contributed by atoms with Crippen LogP contribution < -0.4 is 11.1 Å². The lowest BCUT2D eigenvalue weighted by atomic mass is 10.1. The zero-order valence-electron chi connectivity index (χ0n) is 17.2. The molecule has 2 atom stereocenters. The summed E-state index contributed by atoms with van der Waals surface area (Å²) in [6.45, 7) is 0.472. The topological polar surface area (TPSA) is 163 Å².